The lowest BCUT2D eigenvalue weighted by Gasteiger charge is -2.13. The zero-order valence-corrected chi connectivity index (χ0v) is 13.0. The Morgan fingerprint density at radius 2 is 1.38 bits per heavy atom. The third-order valence-corrected chi connectivity index (χ3v) is 3.95. The SMILES string of the molecule is Nc1cc(Cl)c(Oc2ccc(Cl)c3ccccc23)c(Cl)c1. The predicted molar refractivity (Wildman–Crippen MR) is 89.9 cm³/mol. The predicted octanol–water partition coefficient (Wildman–Crippen LogP) is 6.17. The third-order valence-electron chi connectivity index (χ3n) is 3.06. The molecule has 0 amide bonds. The van der Waals surface area contributed by atoms with E-state index >= 15 is 0 Å². The Balaban J connectivity index is 2.13. The average molecular weight is 339 g/mol. The summed E-state index contributed by atoms with van der Waals surface area (Å²) in [6.45, 7) is 0. The molecule has 0 unspecified atom stereocenters. The summed E-state index contributed by atoms with van der Waals surface area (Å²) in [5.74, 6) is 1.00. The first-order valence-corrected chi connectivity index (χ1v) is 7.29. The summed E-state index contributed by atoms with van der Waals surface area (Å²) in [6.07, 6.45) is 0. The molecule has 2 N–H and O–H groups in total. The molecule has 0 fully saturated rings. The molecule has 0 aliphatic rings. The summed E-state index contributed by atoms with van der Waals surface area (Å²) < 4.78 is 5.89. The van der Waals surface area contributed by atoms with Crippen molar-refractivity contribution in [2.24, 2.45) is 0 Å². The van der Waals surface area contributed by atoms with Gasteiger partial charge in [-0.05, 0) is 24.3 Å². The van der Waals surface area contributed by atoms with Gasteiger partial charge in [0.15, 0.2) is 5.75 Å². The highest BCUT2D eigenvalue weighted by atomic mass is 35.5. The monoisotopic (exact) mass is 337 g/mol. The van der Waals surface area contributed by atoms with Crippen LogP contribution in [0, 0.1) is 0 Å². The number of nitrogens with two attached hydrogens (primary N) is 1. The van der Waals surface area contributed by atoms with E-state index in [1.165, 1.54) is 0 Å². The fourth-order valence-electron chi connectivity index (χ4n) is 2.11. The Bertz CT molecular complexity index is 810. The van der Waals surface area contributed by atoms with Crippen LogP contribution in [-0.4, -0.2) is 0 Å². The number of ether oxygens (including phenoxy) is 1. The van der Waals surface area contributed by atoms with Crippen LogP contribution in [0.15, 0.2) is 48.5 Å². The van der Waals surface area contributed by atoms with E-state index in [-0.39, 0.29) is 0 Å². The number of benzene rings is 3. The molecule has 0 spiro atoms. The van der Waals surface area contributed by atoms with Gasteiger partial charge in [0, 0.05) is 21.5 Å². The van der Waals surface area contributed by atoms with Gasteiger partial charge in [-0.3, -0.25) is 0 Å². The lowest BCUT2D eigenvalue weighted by Crippen LogP contribution is -1.91. The fraction of sp³-hybridized carbons (Fsp3) is 0. The summed E-state index contributed by atoms with van der Waals surface area (Å²) in [7, 11) is 0. The molecule has 0 bridgehead atoms. The van der Waals surface area contributed by atoms with Crippen LogP contribution in [0.4, 0.5) is 5.69 Å². The Hall–Kier alpha value is -1.61. The van der Waals surface area contributed by atoms with Crippen molar-refractivity contribution in [1.29, 1.82) is 0 Å². The standard InChI is InChI=1S/C16H10Cl3NO/c17-12-5-6-15(11-4-2-1-3-10(11)12)21-16-13(18)7-9(20)8-14(16)19/h1-8H,20H2. The highest BCUT2D eigenvalue weighted by Crippen LogP contribution is 2.41. The lowest BCUT2D eigenvalue weighted by molar-refractivity contribution is 0.489. The molecule has 2 nitrogen and oxygen atoms in total. The molecule has 5 heteroatoms. The topological polar surface area (TPSA) is 35.2 Å². The van der Waals surface area contributed by atoms with Gasteiger partial charge in [0.1, 0.15) is 5.75 Å². The van der Waals surface area contributed by atoms with Crippen LogP contribution in [0.25, 0.3) is 10.8 Å². The second kappa shape index (κ2) is 5.64. The van der Waals surface area contributed by atoms with Crippen LogP contribution in [0.2, 0.25) is 15.1 Å². The maximum atomic E-state index is 6.19. The average Bonchev–Trinajstić information content (AvgIpc) is 2.45. The normalized spacial score (nSPS) is 10.8. The first-order valence-electron chi connectivity index (χ1n) is 6.16. The van der Waals surface area contributed by atoms with E-state index in [0.717, 1.165) is 10.8 Å². The fourth-order valence-corrected chi connectivity index (χ4v) is 2.92. The Morgan fingerprint density at radius 1 is 0.762 bits per heavy atom. The van der Waals surface area contributed by atoms with Crippen molar-refractivity contribution in [3.63, 3.8) is 0 Å². The molecule has 3 aromatic rings. The van der Waals surface area contributed by atoms with Crippen molar-refractivity contribution in [2.75, 3.05) is 5.73 Å². The summed E-state index contributed by atoms with van der Waals surface area (Å²) in [4.78, 5) is 0. The smallest absolute Gasteiger partial charge is 0.164 e. The molecule has 0 radical (unpaired) electrons. The summed E-state index contributed by atoms with van der Waals surface area (Å²) in [5.41, 5.74) is 6.17. The third kappa shape index (κ3) is 2.75. The van der Waals surface area contributed by atoms with Crippen molar-refractivity contribution >= 4 is 51.3 Å². The highest BCUT2D eigenvalue weighted by molar-refractivity contribution is 6.38. The Morgan fingerprint density at radius 3 is 2.05 bits per heavy atom. The molecule has 21 heavy (non-hydrogen) atoms. The van der Waals surface area contributed by atoms with Crippen molar-refractivity contribution in [3.8, 4) is 11.5 Å². The largest absolute Gasteiger partial charge is 0.454 e. The number of hydrogen-bond acceptors (Lipinski definition) is 2. The van der Waals surface area contributed by atoms with E-state index < -0.39 is 0 Å². The van der Waals surface area contributed by atoms with Crippen LogP contribution >= 0.6 is 34.8 Å². The molecule has 0 aromatic heterocycles. The number of rotatable bonds is 2. The van der Waals surface area contributed by atoms with E-state index in [2.05, 4.69) is 0 Å². The summed E-state index contributed by atoms with van der Waals surface area (Å²) in [5, 5.41) is 3.17. The number of nitrogen functional groups attached to an aromatic ring is 1. The molecule has 0 atom stereocenters. The number of halogens is 3. The molecule has 0 saturated carbocycles. The summed E-state index contributed by atoms with van der Waals surface area (Å²) in [6, 6.07) is 14.4. The molecule has 0 heterocycles. The van der Waals surface area contributed by atoms with Crippen molar-refractivity contribution in [2.45, 2.75) is 0 Å². The van der Waals surface area contributed by atoms with Crippen LogP contribution < -0.4 is 10.5 Å². The van der Waals surface area contributed by atoms with Gasteiger partial charge in [-0.1, -0.05) is 59.1 Å². The van der Waals surface area contributed by atoms with E-state index in [4.69, 9.17) is 45.3 Å². The van der Waals surface area contributed by atoms with Crippen LogP contribution in [0.1, 0.15) is 0 Å². The molecule has 0 aliphatic heterocycles. The van der Waals surface area contributed by atoms with E-state index in [9.17, 15) is 0 Å². The van der Waals surface area contributed by atoms with Gasteiger partial charge in [-0.2, -0.15) is 0 Å². The molecule has 0 aliphatic carbocycles. The second-order valence-corrected chi connectivity index (χ2v) is 5.73. The molecular weight excluding hydrogens is 329 g/mol. The molecule has 3 aromatic carbocycles. The Kier molecular flexibility index (Phi) is 3.85. The first-order chi connectivity index (χ1) is 10.1. The molecule has 0 saturated heterocycles. The van der Waals surface area contributed by atoms with Gasteiger partial charge in [-0.15, -0.1) is 0 Å². The summed E-state index contributed by atoms with van der Waals surface area (Å²) >= 11 is 18.5. The number of anilines is 1. The molecule has 106 valence electrons. The van der Waals surface area contributed by atoms with Gasteiger partial charge in [-0.25, -0.2) is 0 Å². The number of fused-ring (bicyclic) bond motifs is 1. The quantitative estimate of drug-likeness (QED) is 0.567. The Labute approximate surface area is 137 Å². The van der Waals surface area contributed by atoms with Gasteiger partial charge in [0.25, 0.3) is 0 Å². The van der Waals surface area contributed by atoms with Gasteiger partial charge in [0.2, 0.25) is 0 Å². The second-order valence-electron chi connectivity index (χ2n) is 4.51. The van der Waals surface area contributed by atoms with Crippen LogP contribution in [-0.2, 0) is 0 Å². The van der Waals surface area contributed by atoms with E-state index in [1.54, 1.807) is 24.3 Å². The van der Waals surface area contributed by atoms with Crippen LogP contribution in [0.5, 0.6) is 11.5 Å². The molecular formula is C16H10Cl3NO. The van der Waals surface area contributed by atoms with Gasteiger partial charge in [0.05, 0.1) is 10.0 Å². The lowest BCUT2D eigenvalue weighted by atomic mass is 10.1. The van der Waals surface area contributed by atoms with Gasteiger partial charge < -0.3 is 10.5 Å². The maximum absolute atomic E-state index is 6.19. The van der Waals surface area contributed by atoms with Gasteiger partial charge >= 0.3 is 0 Å². The van der Waals surface area contributed by atoms with Crippen LogP contribution in [0.3, 0.4) is 0 Å². The van der Waals surface area contributed by atoms with Crippen molar-refractivity contribution in [3.05, 3.63) is 63.6 Å². The minimum absolute atomic E-state index is 0.360. The zero-order valence-electron chi connectivity index (χ0n) is 10.7. The van der Waals surface area contributed by atoms with Crippen molar-refractivity contribution in [1.82, 2.24) is 0 Å². The van der Waals surface area contributed by atoms with E-state index in [1.807, 2.05) is 24.3 Å². The minimum Gasteiger partial charge on any atom is -0.454 e. The maximum Gasteiger partial charge on any atom is 0.164 e. The highest BCUT2D eigenvalue weighted by Gasteiger charge is 2.12. The molecule has 3 rings (SSSR count). The first kappa shape index (κ1) is 14.3. The van der Waals surface area contributed by atoms with E-state index in [0.29, 0.717) is 32.3 Å². The number of hydrogen-bond donors (Lipinski definition) is 1. The minimum atomic E-state index is 0.360. The zero-order chi connectivity index (χ0) is 15.0. The van der Waals surface area contributed by atoms with Crippen molar-refractivity contribution < 1.29 is 4.74 Å².